The maximum Gasteiger partial charge on any atom is 0.173 e. The van der Waals surface area contributed by atoms with Gasteiger partial charge in [-0.1, -0.05) is 24.6 Å². The second-order valence-electron chi connectivity index (χ2n) is 6.26. The minimum atomic E-state index is 0.610. The van der Waals surface area contributed by atoms with E-state index in [1.54, 1.807) is 0 Å². The topological polar surface area (TPSA) is 15.3 Å². The summed E-state index contributed by atoms with van der Waals surface area (Å²) in [5.74, 6) is 1.81. The molecule has 0 aromatic heterocycles. The van der Waals surface area contributed by atoms with Crippen molar-refractivity contribution in [1.82, 2.24) is 5.32 Å². The number of anilines is 1. The number of thiocarbonyl (C=S) groups is 1. The van der Waals surface area contributed by atoms with Gasteiger partial charge in [0.1, 0.15) is 0 Å². The second kappa shape index (κ2) is 5.72. The van der Waals surface area contributed by atoms with E-state index in [1.807, 2.05) is 0 Å². The third-order valence-corrected chi connectivity index (χ3v) is 5.35. The Hall–Kier alpha value is -1.09. The molecule has 0 radical (unpaired) electrons. The molecule has 1 N–H and O–H groups in total. The van der Waals surface area contributed by atoms with Crippen molar-refractivity contribution in [3.05, 3.63) is 29.8 Å². The van der Waals surface area contributed by atoms with E-state index in [2.05, 4.69) is 48.3 Å². The lowest BCUT2D eigenvalue weighted by molar-refractivity contribution is 0.390. The van der Waals surface area contributed by atoms with E-state index in [-0.39, 0.29) is 0 Å². The molecule has 2 nitrogen and oxygen atoms in total. The molecule has 108 valence electrons. The zero-order chi connectivity index (χ0) is 14.1. The molecule has 0 saturated heterocycles. The molecule has 0 amide bonds. The Bertz CT molecular complexity index is 500. The van der Waals surface area contributed by atoms with Crippen LogP contribution in [0.25, 0.3) is 0 Å². The van der Waals surface area contributed by atoms with E-state index in [0.29, 0.717) is 6.04 Å². The molecular formula is C17H24N2S. The van der Waals surface area contributed by atoms with Gasteiger partial charge >= 0.3 is 0 Å². The Morgan fingerprint density at radius 2 is 2.10 bits per heavy atom. The molecule has 0 heterocycles. The molecule has 0 spiro atoms. The Morgan fingerprint density at radius 1 is 1.30 bits per heavy atom. The molecule has 2 fully saturated rings. The van der Waals surface area contributed by atoms with Crippen molar-refractivity contribution < 1.29 is 0 Å². The lowest BCUT2D eigenvalue weighted by Crippen LogP contribution is -2.46. The number of hydrogen-bond donors (Lipinski definition) is 1. The van der Waals surface area contributed by atoms with Crippen LogP contribution < -0.4 is 10.2 Å². The smallest absolute Gasteiger partial charge is 0.173 e. The highest BCUT2D eigenvalue weighted by Gasteiger charge is 2.40. The van der Waals surface area contributed by atoms with Crippen LogP contribution in [-0.2, 0) is 0 Å². The Balaban J connectivity index is 1.70. The molecule has 2 aliphatic rings. The molecule has 20 heavy (non-hydrogen) atoms. The van der Waals surface area contributed by atoms with Gasteiger partial charge in [0.05, 0.1) is 0 Å². The van der Waals surface area contributed by atoms with Crippen molar-refractivity contribution in [3.63, 3.8) is 0 Å². The molecule has 0 aliphatic heterocycles. The first-order chi connectivity index (χ1) is 9.69. The SMILES string of the molecule is CCN(C(=S)N[C@H]1C[C@H]2CC[C@H]1C2)c1ccccc1C. The highest BCUT2D eigenvalue weighted by atomic mass is 32.1. The quantitative estimate of drug-likeness (QED) is 0.850. The Kier molecular flexibility index (Phi) is 3.97. The van der Waals surface area contributed by atoms with Gasteiger partial charge in [-0.25, -0.2) is 0 Å². The number of nitrogens with one attached hydrogen (secondary N) is 1. The van der Waals surface area contributed by atoms with Gasteiger partial charge in [0, 0.05) is 18.3 Å². The summed E-state index contributed by atoms with van der Waals surface area (Å²) in [5.41, 5.74) is 2.52. The summed E-state index contributed by atoms with van der Waals surface area (Å²) in [6.45, 7) is 5.23. The number of fused-ring (bicyclic) bond motifs is 2. The van der Waals surface area contributed by atoms with Crippen LogP contribution in [0.2, 0.25) is 0 Å². The fourth-order valence-electron chi connectivity index (χ4n) is 3.95. The predicted molar refractivity (Wildman–Crippen MR) is 89.2 cm³/mol. The first kappa shape index (κ1) is 13.9. The van der Waals surface area contributed by atoms with E-state index in [9.17, 15) is 0 Å². The minimum absolute atomic E-state index is 0.610. The molecule has 3 atom stereocenters. The van der Waals surface area contributed by atoms with Gasteiger partial charge in [0.25, 0.3) is 0 Å². The fraction of sp³-hybridized carbons (Fsp3) is 0.588. The molecule has 2 saturated carbocycles. The molecular weight excluding hydrogens is 264 g/mol. The van der Waals surface area contributed by atoms with Crippen LogP contribution in [0.3, 0.4) is 0 Å². The third kappa shape index (κ3) is 2.56. The first-order valence-corrected chi connectivity index (χ1v) is 8.23. The van der Waals surface area contributed by atoms with Crippen molar-refractivity contribution in [1.29, 1.82) is 0 Å². The molecule has 0 unspecified atom stereocenters. The highest BCUT2D eigenvalue weighted by Crippen LogP contribution is 2.44. The van der Waals surface area contributed by atoms with Crippen LogP contribution in [0.15, 0.2) is 24.3 Å². The third-order valence-electron chi connectivity index (χ3n) is 5.01. The van der Waals surface area contributed by atoms with E-state index in [4.69, 9.17) is 12.2 Å². The van der Waals surface area contributed by atoms with Crippen molar-refractivity contribution in [3.8, 4) is 0 Å². The number of nitrogens with zero attached hydrogens (tertiary/aromatic N) is 1. The number of para-hydroxylation sites is 1. The molecule has 2 bridgehead atoms. The highest BCUT2D eigenvalue weighted by molar-refractivity contribution is 7.80. The number of benzene rings is 1. The largest absolute Gasteiger partial charge is 0.359 e. The zero-order valence-electron chi connectivity index (χ0n) is 12.4. The van der Waals surface area contributed by atoms with E-state index >= 15 is 0 Å². The molecule has 3 heteroatoms. The summed E-state index contributed by atoms with van der Waals surface area (Å²) >= 11 is 5.68. The summed E-state index contributed by atoms with van der Waals surface area (Å²) < 4.78 is 0. The molecule has 2 aliphatic carbocycles. The van der Waals surface area contributed by atoms with Crippen molar-refractivity contribution in [2.75, 3.05) is 11.4 Å². The van der Waals surface area contributed by atoms with Gasteiger partial charge in [-0.3, -0.25) is 0 Å². The van der Waals surface area contributed by atoms with Gasteiger partial charge in [-0.05, 0) is 68.8 Å². The maximum absolute atomic E-state index is 5.68. The lowest BCUT2D eigenvalue weighted by atomic mass is 9.95. The standard InChI is InChI=1S/C17H24N2S/c1-3-19(16-7-5-4-6-12(16)2)17(20)18-15-11-13-8-9-14(15)10-13/h4-7,13-15H,3,8-11H2,1-2H3,(H,18,20)/t13-,14-,15-/m0/s1. The predicted octanol–water partition coefficient (Wildman–Crippen LogP) is 3.88. The Morgan fingerprint density at radius 3 is 2.70 bits per heavy atom. The van der Waals surface area contributed by atoms with Crippen molar-refractivity contribution in [2.45, 2.75) is 45.6 Å². The number of hydrogen-bond acceptors (Lipinski definition) is 1. The van der Waals surface area contributed by atoms with Crippen LogP contribution in [-0.4, -0.2) is 17.7 Å². The monoisotopic (exact) mass is 288 g/mol. The van der Waals surface area contributed by atoms with Gasteiger partial charge in [-0.2, -0.15) is 0 Å². The van der Waals surface area contributed by atoms with Crippen LogP contribution in [0.4, 0.5) is 5.69 Å². The fourth-order valence-corrected chi connectivity index (χ4v) is 4.33. The van der Waals surface area contributed by atoms with Crippen LogP contribution in [0.5, 0.6) is 0 Å². The van der Waals surface area contributed by atoms with Gasteiger partial charge < -0.3 is 10.2 Å². The average molecular weight is 288 g/mol. The lowest BCUT2D eigenvalue weighted by Gasteiger charge is -2.31. The van der Waals surface area contributed by atoms with Crippen LogP contribution in [0, 0.1) is 18.8 Å². The molecule has 1 aromatic carbocycles. The van der Waals surface area contributed by atoms with Gasteiger partial charge in [0.15, 0.2) is 5.11 Å². The molecule has 3 rings (SSSR count). The normalized spacial score (nSPS) is 27.6. The summed E-state index contributed by atoms with van der Waals surface area (Å²) in [7, 11) is 0. The van der Waals surface area contributed by atoms with Gasteiger partial charge in [0.2, 0.25) is 0 Å². The second-order valence-corrected chi connectivity index (χ2v) is 6.65. The van der Waals surface area contributed by atoms with Crippen molar-refractivity contribution >= 4 is 23.0 Å². The minimum Gasteiger partial charge on any atom is -0.359 e. The summed E-state index contributed by atoms with van der Waals surface area (Å²) in [4.78, 5) is 2.23. The average Bonchev–Trinajstić information content (AvgIpc) is 3.04. The van der Waals surface area contributed by atoms with Crippen molar-refractivity contribution in [2.24, 2.45) is 11.8 Å². The van der Waals surface area contributed by atoms with E-state index < -0.39 is 0 Å². The number of aryl methyl sites for hydroxylation is 1. The van der Waals surface area contributed by atoms with E-state index in [0.717, 1.165) is 23.5 Å². The zero-order valence-corrected chi connectivity index (χ0v) is 13.2. The Labute approximate surface area is 127 Å². The van der Waals surface area contributed by atoms with Crippen LogP contribution >= 0.6 is 12.2 Å². The van der Waals surface area contributed by atoms with Crippen LogP contribution in [0.1, 0.15) is 38.2 Å². The summed E-state index contributed by atoms with van der Waals surface area (Å²) in [6.07, 6.45) is 5.55. The van der Waals surface area contributed by atoms with Gasteiger partial charge in [-0.15, -0.1) is 0 Å². The molecule has 1 aromatic rings. The summed E-state index contributed by atoms with van der Waals surface area (Å²) in [5, 5.41) is 4.55. The maximum atomic E-state index is 5.68. The van der Waals surface area contributed by atoms with E-state index in [1.165, 1.54) is 36.9 Å². The summed E-state index contributed by atoms with van der Waals surface area (Å²) in [6, 6.07) is 9.09. The first-order valence-electron chi connectivity index (χ1n) is 7.82. The number of rotatable bonds is 3.